The van der Waals surface area contributed by atoms with E-state index in [9.17, 15) is 24.6 Å². The zero-order chi connectivity index (χ0) is 38.3. The van der Waals surface area contributed by atoms with E-state index in [1.54, 1.807) is 38.1 Å². The van der Waals surface area contributed by atoms with E-state index >= 15 is 0 Å². The smallest absolute Gasteiger partial charge is 0.309 e. The first-order valence-electron chi connectivity index (χ1n) is 18.4. The first-order chi connectivity index (χ1) is 25.1. The van der Waals surface area contributed by atoms with Gasteiger partial charge in [-0.05, 0) is 95.9 Å². The van der Waals surface area contributed by atoms with Gasteiger partial charge in [-0.15, -0.1) is 0 Å². The van der Waals surface area contributed by atoms with E-state index in [1.807, 2.05) is 12.2 Å². The topological polar surface area (TPSA) is 134 Å². The van der Waals surface area contributed by atoms with Crippen LogP contribution in [-0.4, -0.2) is 66.5 Å². The molecule has 1 rings (SSSR count). The zero-order valence-electron chi connectivity index (χ0n) is 31.3. The number of carbonyl (C=O) groups excluding carboxylic acids is 3. The molecule has 4 N–H and O–H groups in total. The molecule has 10 heteroatoms. The lowest BCUT2D eigenvalue weighted by Gasteiger charge is -2.26. The fourth-order valence-corrected chi connectivity index (χ4v) is 4.73. The number of allylic oxidation sites excluding steroid dienone is 12. The van der Waals surface area contributed by atoms with E-state index in [0.29, 0.717) is 30.0 Å². The predicted molar refractivity (Wildman–Crippen MR) is 211 cm³/mol. The van der Waals surface area contributed by atoms with Gasteiger partial charge in [0.2, 0.25) is 5.91 Å². The third-order valence-electron chi connectivity index (χ3n) is 7.77. The molecule has 1 aromatic carbocycles. The summed E-state index contributed by atoms with van der Waals surface area (Å²) in [6.45, 7) is 5.08. The van der Waals surface area contributed by atoms with Gasteiger partial charge in [0, 0.05) is 30.5 Å². The summed E-state index contributed by atoms with van der Waals surface area (Å²) in [5.74, 6) is -1.72. The summed E-state index contributed by atoms with van der Waals surface area (Å²) in [5.41, 5.74) is -1.18. The summed E-state index contributed by atoms with van der Waals surface area (Å²) in [6, 6.07) is 6.69. The van der Waals surface area contributed by atoms with Gasteiger partial charge in [-0.1, -0.05) is 91.4 Å². The van der Waals surface area contributed by atoms with E-state index in [-0.39, 0.29) is 51.1 Å². The van der Waals surface area contributed by atoms with Crippen LogP contribution in [0, 0.1) is 11.8 Å². The molecular weight excluding hydrogens is 680 g/mol. The molecule has 0 saturated heterocycles. The molecule has 1 aromatic rings. The maximum atomic E-state index is 12.9. The number of nitrogens with one attached hydrogen (secondary N) is 2. The molecule has 0 aliphatic heterocycles. The van der Waals surface area contributed by atoms with Crippen molar-refractivity contribution in [3.05, 3.63) is 102 Å². The third-order valence-corrected chi connectivity index (χ3v) is 8.02. The Bertz CT molecular complexity index is 1310. The number of rotatable bonds is 28. The van der Waals surface area contributed by atoms with Gasteiger partial charge in [0.25, 0.3) is 5.91 Å². The van der Waals surface area contributed by atoms with Crippen molar-refractivity contribution in [2.24, 2.45) is 11.8 Å². The molecule has 0 aromatic heterocycles. The standard InChI is InChI=1S/C42H61ClN2O7/c1-4-5-6-7-8-9-10-11-12-13-14-15-16-17-18-19-20-21-22-23-39(48)44-30-28-36(40(49)51-34-35(32-46)33-47)29-31-45-41(50)42(2,3)52-38-26-24-37(43)25-27-38/h5-6,8-9,11-12,14-15,17-18,20-21,24-27,35-36,46-47H,4,7,10,13,16,19,22-23,28-34H2,1-3H3,(H,44,48)(H,45,50)/b6-5-,9-8-,12-11-,15-14-,18-17-,21-20-. The molecule has 0 fully saturated rings. The fraction of sp³-hybridized carbons (Fsp3) is 0.500. The Morgan fingerprint density at radius 3 is 1.73 bits per heavy atom. The van der Waals surface area contributed by atoms with Crippen LogP contribution in [0.3, 0.4) is 0 Å². The van der Waals surface area contributed by atoms with Gasteiger partial charge >= 0.3 is 5.97 Å². The number of hydrogen-bond donors (Lipinski definition) is 4. The molecule has 0 aliphatic carbocycles. The average Bonchev–Trinajstić information content (AvgIpc) is 3.13. The van der Waals surface area contributed by atoms with Crippen LogP contribution in [0.25, 0.3) is 0 Å². The van der Waals surface area contributed by atoms with Crippen molar-refractivity contribution >= 4 is 29.4 Å². The van der Waals surface area contributed by atoms with Crippen molar-refractivity contribution in [2.45, 2.75) is 90.6 Å². The Balaban J connectivity index is 2.39. The first kappa shape index (κ1) is 46.1. The van der Waals surface area contributed by atoms with E-state index in [1.165, 1.54) is 0 Å². The van der Waals surface area contributed by atoms with Crippen molar-refractivity contribution in [1.29, 1.82) is 0 Å². The lowest BCUT2D eigenvalue weighted by molar-refractivity contribution is -0.151. The number of benzene rings is 1. The summed E-state index contributed by atoms with van der Waals surface area (Å²) in [5, 5.41) is 24.9. The number of aliphatic hydroxyl groups excluding tert-OH is 2. The Labute approximate surface area is 316 Å². The van der Waals surface area contributed by atoms with Gasteiger partial charge in [-0.25, -0.2) is 0 Å². The number of carbonyl (C=O) groups is 3. The van der Waals surface area contributed by atoms with Gasteiger partial charge < -0.3 is 30.3 Å². The molecular formula is C42H61ClN2O7. The van der Waals surface area contributed by atoms with E-state index in [4.69, 9.17) is 21.1 Å². The zero-order valence-corrected chi connectivity index (χ0v) is 32.1. The largest absolute Gasteiger partial charge is 0.478 e. The second kappa shape index (κ2) is 29.6. The number of hydrogen-bond acceptors (Lipinski definition) is 7. The van der Waals surface area contributed by atoms with Gasteiger partial charge in [0.05, 0.1) is 25.7 Å². The molecule has 0 spiro atoms. The monoisotopic (exact) mass is 740 g/mol. The Morgan fingerprint density at radius 2 is 1.23 bits per heavy atom. The molecule has 9 nitrogen and oxygen atoms in total. The van der Waals surface area contributed by atoms with Crippen LogP contribution in [0.2, 0.25) is 5.02 Å². The molecule has 0 radical (unpaired) electrons. The van der Waals surface area contributed by atoms with Crippen molar-refractivity contribution in [2.75, 3.05) is 32.9 Å². The Kier molecular flexibility index (Phi) is 26.3. The fourth-order valence-electron chi connectivity index (χ4n) is 4.61. The Morgan fingerprint density at radius 1 is 0.750 bits per heavy atom. The van der Waals surface area contributed by atoms with Crippen LogP contribution in [0.15, 0.2) is 97.2 Å². The number of ether oxygens (including phenoxy) is 2. The molecule has 2 amide bonds. The minimum absolute atomic E-state index is 0.123. The van der Waals surface area contributed by atoms with Crippen molar-refractivity contribution in [1.82, 2.24) is 10.6 Å². The van der Waals surface area contributed by atoms with E-state index < -0.39 is 23.4 Å². The number of amides is 2. The lowest BCUT2D eigenvalue weighted by atomic mass is 10.0. The number of halogens is 1. The summed E-state index contributed by atoms with van der Waals surface area (Å²) >= 11 is 5.93. The molecule has 1 atom stereocenters. The van der Waals surface area contributed by atoms with E-state index in [0.717, 1.165) is 38.5 Å². The molecule has 52 heavy (non-hydrogen) atoms. The lowest BCUT2D eigenvalue weighted by Crippen LogP contribution is -2.47. The molecule has 0 heterocycles. The van der Waals surface area contributed by atoms with Crippen LogP contribution in [0.1, 0.15) is 85.0 Å². The third kappa shape index (κ3) is 23.5. The van der Waals surface area contributed by atoms with Crippen LogP contribution < -0.4 is 15.4 Å². The minimum atomic E-state index is -1.18. The maximum Gasteiger partial charge on any atom is 0.309 e. The highest BCUT2D eigenvalue weighted by Crippen LogP contribution is 2.21. The highest BCUT2D eigenvalue weighted by atomic mass is 35.5. The van der Waals surface area contributed by atoms with Crippen molar-refractivity contribution in [3.63, 3.8) is 0 Å². The summed E-state index contributed by atoms with van der Waals surface area (Å²) in [7, 11) is 0. The summed E-state index contributed by atoms with van der Waals surface area (Å²) in [6.07, 6.45) is 32.8. The van der Waals surface area contributed by atoms with Crippen LogP contribution in [0.5, 0.6) is 5.75 Å². The van der Waals surface area contributed by atoms with Crippen LogP contribution in [0.4, 0.5) is 0 Å². The van der Waals surface area contributed by atoms with Gasteiger partial charge in [-0.2, -0.15) is 0 Å². The highest BCUT2D eigenvalue weighted by Gasteiger charge is 2.30. The van der Waals surface area contributed by atoms with Crippen molar-refractivity contribution < 1.29 is 34.1 Å². The normalized spacial score (nSPS) is 13.1. The van der Waals surface area contributed by atoms with Crippen molar-refractivity contribution in [3.8, 4) is 5.75 Å². The second-order valence-electron chi connectivity index (χ2n) is 12.8. The van der Waals surface area contributed by atoms with Gasteiger partial charge in [0.15, 0.2) is 5.60 Å². The quantitative estimate of drug-likeness (QED) is 0.0510. The Hall–Kier alpha value is -3.92. The van der Waals surface area contributed by atoms with Gasteiger partial charge in [-0.3, -0.25) is 14.4 Å². The first-order valence-corrected chi connectivity index (χ1v) is 18.8. The maximum absolute atomic E-state index is 12.9. The molecule has 1 unspecified atom stereocenters. The number of esters is 1. The van der Waals surface area contributed by atoms with Crippen LogP contribution >= 0.6 is 11.6 Å². The number of aliphatic hydroxyl groups is 2. The SMILES string of the molecule is CC/C=C\C/C=C\C/C=C\C/C=C\C/C=C\C/C=C\CCC(=O)NCCC(CCNC(=O)C(C)(C)Oc1ccc(Cl)cc1)C(=O)OCC(CO)CO. The average molecular weight is 741 g/mol. The molecule has 0 saturated carbocycles. The molecule has 0 aliphatic rings. The van der Waals surface area contributed by atoms with E-state index in [2.05, 4.69) is 78.3 Å². The van der Waals surface area contributed by atoms with Gasteiger partial charge in [0.1, 0.15) is 5.75 Å². The molecule has 0 bridgehead atoms. The second-order valence-corrected chi connectivity index (χ2v) is 13.2. The predicted octanol–water partition coefficient (Wildman–Crippen LogP) is 7.75. The molecule has 288 valence electrons. The van der Waals surface area contributed by atoms with Crippen LogP contribution in [-0.2, 0) is 19.1 Å². The minimum Gasteiger partial charge on any atom is -0.478 e. The summed E-state index contributed by atoms with van der Waals surface area (Å²) < 4.78 is 11.2. The highest BCUT2D eigenvalue weighted by molar-refractivity contribution is 6.30. The summed E-state index contributed by atoms with van der Waals surface area (Å²) in [4.78, 5) is 38.2.